The van der Waals surface area contributed by atoms with E-state index in [4.69, 9.17) is 33.7 Å². The Morgan fingerprint density at radius 1 is 1.24 bits per heavy atom. The van der Waals surface area contributed by atoms with Gasteiger partial charge in [0, 0.05) is 37.3 Å². The maximum absolute atomic E-state index is 12.1. The van der Waals surface area contributed by atoms with E-state index in [0.717, 1.165) is 18.8 Å². The first-order chi connectivity index (χ1) is 13.5. The Labute approximate surface area is 178 Å². The molecule has 11 heteroatoms. The summed E-state index contributed by atoms with van der Waals surface area (Å²) in [6.45, 7) is 8.54. The summed E-state index contributed by atoms with van der Waals surface area (Å²) < 4.78 is 5.42. The van der Waals surface area contributed by atoms with E-state index in [1.807, 2.05) is 20.8 Å². The lowest BCUT2D eigenvalue weighted by Crippen LogP contribution is -2.73. The predicted octanol–water partition coefficient (Wildman–Crippen LogP) is 3.49. The Bertz CT molecular complexity index is 919. The number of likely N-dealkylation sites (tertiary alicyclic amines) is 1. The average Bonchev–Trinajstić information content (AvgIpc) is 2.89. The normalized spacial score (nSPS) is 17.7. The molecule has 2 fully saturated rings. The number of benzene rings is 1. The molecular formula is C18H23Cl2N7O2. The molecular weight excluding hydrogens is 417 g/mol. The number of halogens is 2. The fourth-order valence-corrected chi connectivity index (χ4v) is 4.47. The molecule has 2 aromatic rings. The molecule has 0 aliphatic carbocycles. The number of amides is 1. The Morgan fingerprint density at radius 3 is 2.38 bits per heavy atom. The third-order valence-corrected chi connectivity index (χ3v) is 5.43. The number of aromatic nitrogens is 3. The number of ether oxygens (including phenoxy) is 1. The van der Waals surface area contributed by atoms with Crippen molar-refractivity contribution in [3.05, 3.63) is 22.2 Å². The molecule has 4 N–H and O–H groups in total. The van der Waals surface area contributed by atoms with Gasteiger partial charge in [-0.3, -0.25) is 0 Å². The summed E-state index contributed by atoms with van der Waals surface area (Å²) in [6.07, 6.45) is -0.263. The quantitative estimate of drug-likeness (QED) is 0.670. The van der Waals surface area contributed by atoms with Crippen LogP contribution in [0.3, 0.4) is 0 Å². The molecule has 2 aliphatic heterocycles. The molecule has 0 unspecified atom stereocenters. The van der Waals surface area contributed by atoms with Gasteiger partial charge in [-0.1, -0.05) is 23.2 Å². The summed E-state index contributed by atoms with van der Waals surface area (Å²) in [4.78, 5) is 20.0. The molecule has 1 amide bonds. The van der Waals surface area contributed by atoms with Crippen molar-refractivity contribution in [3.8, 4) is 0 Å². The molecule has 0 atom stereocenters. The zero-order valence-electron chi connectivity index (χ0n) is 16.4. The van der Waals surface area contributed by atoms with Crippen molar-refractivity contribution >= 4 is 52.6 Å². The second-order valence-electron chi connectivity index (χ2n) is 8.65. The number of rotatable bonds is 3. The van der Waals surface area contributed by atoms with E-state index >= 15 is 0 Å². The zero-order chi connectivity index (χ0) is 21.0. The minimum atomic E-state index is -0.486. The number of anilines is 4. The van der Waals surface area contributed by atoms with Crippen LogP contribution in [0, 0.1) is 5.41 Å². The number of hydrogen-bond donors (Lipinski definition) is 3. The molecule has 1 aromatic heterocycles. The molecule has 0 bridgehead atoms. The van der Waals surface area contributed by atoms with Gasteiger partial charge in [0.2, 0.25) is 11.9 Å². The van der Waals surface area contributed by atoms with Crippen molar-refractivity contribution in [2.45, 2.75) is 26.4 Å². The SMILES string of the molecule is CC(C)(C)OC(=O)N1CC2(C1)CN(c1c(Cl)cc(Nc3nc(N)n[nH]3)cc1Cl)C2. The molecule has 1 spiro atoms. The molecule has 2 saturated heterocycles. The van der Waals surface area contributed by atoms with Crippen molar-refractivity contribution in [1.82, 2.24) is 20.1 Å². The Balaban J connectivity index is 1.37. The van der Waals surface area contributed by atoms with Gasteiger partial charge in [0.25, 0.3) is 0 Å². The van der Waals surface area contributed by atoms with E-state index in [0.29, 0.717) is 34.8 Å². The van der Waals surface area contributed by atoms with Crippen molar-refractivity contribution in [2.75, 3.05) is 42.1 Å². The number of nitrogens with two attached hydrogens (primary N) is 1. The first-order valence-electron chi connectivity index (χ1n) is 9.20. The van der Waals surface area contributed by atoms with E-state index in [9.17, 15) is 4.79 Å². The smallest absolute Gasteiger partial charge is 0.410 e. The van der Waals surface area contributed by atoms with Gasteiger partial charge in [0.1, 0.15) is 5.60 Å². The predicted molar refractivity (Wildman–Crippen MR) is 113 cm³/mol. The highest BCUT2D eigenvalue weighted by Crippen LogP contribution is 2.47. The molecule has 3 heterocycles. The van der Waals surface area contributed by atoms with Gasteiger partial charge in [0.15, 0.2) is 0 Å². The van der Waals surface area contributed by atoms with Crippen LogP contribution in [-0.4, -0.2) is 58.0 Å². The van der Waals surface area contributed by atoms with Gasteiger partial charge in [-0.15, -0.1) is 5.10 Å². The molecule has 4 rings (SSSR count). The highest BCUT2D eigenvalue weighted by Gasteiger charge is 2.54. The van der Waals surface area contributed by atoms with Crippen LogP contribution >= 0.6 is 23.2 Å². The third-order valence-electron chi connectivity index (χ3n) is 4.86. The van der Waals surface area contributed by atoms with Crippen LogP contribution in [0.25, 0.3) is 0 Å². The van der Waals surface area contributed by atoms with E-state index < -0.39 is 5.60 Å². The topological polar surface area (TPSA) is 112 Å². The summed E-state index contributed by atoms with van der Waals surface area (Å²) in [7, 11) is 0. The number of nitrogens with one attached hydrogen (secondary N) is 2. The molecule has 29 heavy (non-hydrogen) atoms. The molecule has 0 radical (unpaired) electrons. The fourth-order valence-electron chi connectivity index (χ4n) is 3.75. The number of hydrogen-bond acceptors (Lipinski definition) is 7. The standard InChI is InChI=1S/C18H23Cl2N7O2/c1-17(2,3)29-16(28)27-8-18(9-27)6-26(7-18)13-11(19)4-10(5-12(13)20)22-15-23-14(21)24-25-15/h4-5H,6-9H2,1-3H3,(H4,21,22,23,24,25). The molecule has 2 aliphatic rings. The molecule has 1 aromatic carbocycles. The summed E-state index contributed by atoms with van der Waals surface area (Å²) in [5.74, 6) is 0.551. The minimum Gasteiger partial charge on any atom is -0.444 e. The van der Waals surface area contributed by atoms with Gasteiger partial charge in [0.05, 0.1) is 15.7 Å². The number of nitrogen functional groups attached to an aromatic ring is 1. The lowest BCUT2D eigenvalue weighted by Gasteiger charge is -2.60. The second kappa shape index (κ2) is 6.84. The highest BCUT2D eigenvalue weighted by molar-refractivity contribution is 6.39. The van der Waals surface area contributed by atoms with Crippen molar-refractivity contribution < 1.29 is 9.53 Å². The first kappa shape index (κ1) is 19.9. The number of aromatic amines is 1. The Kier molecular flexibility index (Phi) is 4.70. The maximum Gasteiger partial charge on any atom is 0.410 e. The van der Waals surface area contributed by atoms with Gasteiger partial charge < -0.3 is 25.6 Å². The van der Waals surface area contributed by atoms with Crippen LogP contribution in [0.2, 0.25) is 10.0 Å². The monoisotopic (exact) mass is 439 g/mol. The van der Waals surface area contributed by atoms with Crippen LogP contribution < -0.4 is 16.0 Å². The minimum absolute atomic E-state index is 0.0812. The number of H-pyrrole nitrogens is 1. The van der Waals surface area contributed by atoms with Gasteiger partial charge >= 0.3 is 6.09 Å². The highest BCUT2D eigenvalue weighted by atomic mass is 35.5. The second-order valence-corrected chi connectivity index (χ2v) is 9.46. The largest absolute Gasteiger partial charge is 0.444 e. The van der Waals surface area contributed by atoms with Crippen LogP contribution in [0.5, 0.6) is 0 Å². The van der Waals surface area contributed by atoms with Crippen molar-refractivity contribution in [2.24, 2.45) is 5.41 Å². The zero-order valence-corrected chi connectivity index (χ0v) is 17.9. The summed E-state index contributed by atoms with van der Waals surface area (Å²) in [5, 5.41) is 10.5. The lowest BCUT2D eigenvalue weighted by atomic mass is 9.73. The van der Waals surface area contributed by atoms with E-state index in [1.54, 1.807) is 17.0 Å². The van der Waals surface area contributed by atoms with Crippen LogP contribution in [-0.2, 0) is 4.74 Å². The molecule has 0 saturated carbocycles. The van der Waals surface area contributed by atoms with Crippen LogP contribution in [0.15, 0.2) is 12.1 Å². The van der Waals surface area contributed by atoms with E-state index in [-0.39, 0.29) is 17.5 Å². The van der Waals surface area contributed by atoms with Crippen LogP contribution in [0.4, 0.5) is 28.1 Å². The van der Waals surface area contributed by atoms with Crippen LogP contribution in [0.1, 0.15) is 20.8 Å². The summed E-state index contributed by atoms with van der Waals surface area (Å²) in [5.41, 5.74) is 6.56. The van der Waals surface area contributed by atoms with Gasteiger partial charge in [-0.2, -0.15) is 4.98 Å². The van der Waals surface area contributed by atoms with Gasteiger partial charge in [-0.05, 0) is 32.9 Å². The number of carbonyl (C=O) groups excluding carboxylic acids is 1. The van der Waals surface area contributed by atoms with E-state index in [1.165, 1.54) is 0 Å². The Hall–Kier alpha value is -2.39. The summed E-state index contributed by atoms with van der Waals surface area (Å²) in [6, 6.07) is 3.56. The molecule has 156 valence electrons. The lowest BCUT2D eigenvalue weighted by molar-refractivity contribution is -0.0452. The average molecular weight is 440 g/mol. The summed E-state index contributed by atoms with van der Waals surface area (Å²) >= 11 is 13.0. The molecule has 9 nitrogen and oxygen atoms in total. The maximum atomic E-state index is 12.1. The van der Waals surface area contributed by atoms with Crippen molar-refractivity contribution in [1.29, 1.82) is 0 Å². The number of carbonyl (C=O) groups is 1. The third kappa shape index (κ3) is 4.02. The Morgan fingerprint density at radius 2 is 1.86 bits per heavy atom. The fraction of sp³-hybridized carbons (Fsp3) is 0.500. The van der Waals surface area contributed by atoms with Gasteiger partial charge in [-0.25, -0.2) is 9.89 Å². The van der Waals surface area contributed by atoms with Crippen molar-refractivity contribution in [3.63, 3.8) is 0 Å². The first-order valence-corrected chi connectivity index (χ1v) is 9.96. The van der Waals surface area contributed by atoms with E-state index in [2.05, 4.69) is 25.4 Å². The number of nitrogens with zero attached hydrogens (tertiary/aromatic N) is 4.